The van der Waals surface area contributed by atoms with Crippen molar-refractivity contribution < 1.29 is 8.42 Å². The molecule has 1 aromatic heterocycles. The van der Waals surface area contributed by atoms with Crippen LogP contribution in [-0.2, 0) is 16.4 Å². The monoisotopic (exact) mass is 322 g/mol. The normalized spacial score (nSPS) is 18.7. The summed E-state index contributed by atoms with van der Waals surface area (Å²) in [5.74, 6) is 0.549. The molecule has 0 amide bonds. The Morgan fingerprint density at radius 1 is 1.19 bits per heavy atom. The maximum atomic E-state index is 11.4. The summed E-state index contributed by atoms with van der Waals surface area (Å²) in [7, 11) is -2.80. The highest BCUT2D eigenvalue weighted by atomic mass is 32.2. The van der Waals surface area contributed by atoms with Crippen LogP contribution >= 0.6 is 11.3 Å². The molecule has 2 heterocycles. The number of aromatic nitrogens is 1. The Morgan fingerprint density at radius 3 is 2.52 bits per heavy atom. The maximum Gasteiger partial charge on any atom is 0.152 e. The lowest BCUT2D eigenvalue weighted by Crippen LogP contribution is -2.39. The highest BCUT2D eigenvalue weighted by Crippen LogP contribution is 2.26. The molecule has 1 aliphatic rings. The molecule has 1 saturated heterocycles. The molecule has 0 atom stereocenters. The minimum Gasteiger partial charge on any atom is -0.296 e. The molecule has 0 bridgehead atoms. The lowest BCUT2D eigenvalue weighted by Gasteiger charge is -2.25. The van der Waals surface area contributed by atoms with Gasteiger partial charge < -0.3 is 0 Å². The van der Waals surface area contributed by atoms with Crippen LogP contribution in [0.3, 0.4) is 0 Å². The molecule has 0 spiro atoms. The molecule has 0 radical (unpaired) electrons. The van der Waals surface area contributed by atoms with Gasteiger partial charge in [0.25, 0.3) is 0 Å². The molecule has 0 N–H and O–H groups in total. The fourth-order valence-corrected chi connectivity index (χ4v) is 4.58. The molecule has 0 unspecified atom stereocenters. The van der Waals surface area contributed by atoms with E-state index in [9.17, 15) is 8.42 Å². The Balaban J connectivity index is 1.67. The maximum absolute atomic E-state index is 11.4. The number of aryl methyl sites for hydroxylation is 1. The van der Waals surface area contributed by atoms with Crippen molar-refractivity contribution in [1.29, 1.82) is 0 Å². The zero-order chi connectivity index (χ0) is 14.9. The molecule has 0 aliphatic carbocycles. The van der Waals surface area contributed by atoms with Crippen molar-refractivity contribution >= 4 is 21.2 Å². The van der Waals surface area contributed by atoms with Crippen molar-refractivity contribution in [3.63, 3.8) is 0 Å². The van der Waals surface area contributed by atoms with E-state index in [1.54, 1.807) is 11.3 Å². The van der Waals surface area contributed by atoms with E-state index in [0.29, 0.717) is 13.1 Å². The van der Waals surface area contributed by atoms with Crippen LogP contribution in [0.1, 0.15) is 10.4 Å². The molecule has 6 heteroatoms. The number of thiazole rings is 1. The van der Waals surface area contributed by atoms with Gasteiger partial charge in [0.15, 0.2) is 9.84 Å². The first-order valence-electron chi connectivity index (χ1n) is 6.96. The first kappa shape index (κ1) is 14.7. The van der Waals surface area contributed by atoms with Gasteiger partial charge in [-0.2, -0.15) is 0 Å². The SMILES string of the molecule is Cc1ccc(-c2ncc(CN3CCS(=O)(=O)CC3)s2)cc1. The quantitative estimate of drug-likeness (QED) is 0.870. The lowest BCUT2D eigenvalue weighted by molar-refractivity contribution is 0.290. The number of nitrogens with zero attached hydrogens (tertiary/aromatic N) is 2. The van der Waals surface area contributed by atoms with Crippen LogP contribution in [0.4, 0.5) is 0 Å². The second-order valence-electron chi connectivity index (χ2n) is 5.43. The van der Waals surface area contributed by atoms with Gasteiger partial charge in [-0.15, -0.1) is 11.3 Å². The number of hydrogen-bond acceptors (Lipinski definition) is 5. The van der Waals surface area contributed by atoms with Gasteiger partial charge in [-0.25, -0.2) is 13.4 Å². The van der Waals surface area contributed by atoms with Gasteiger partial charge in [0.1, 0.15) is 5.01 Å². The summed E-state index contributed by atoms with van der Waals surface area (Å²) < 4.78 is 22.9. The van der Waals surface area contributed by atoms with Crippen molar-refractivity contribution in [2.45, 2.75) is 13.5 Å². The number of sulfone groups is 1. The smallest absolute Gasteiger partial charge is 0.152 e. The summed E-state index contributed by atoms with van der Waals surface area (Å²) >= 11 is 1.68. The van der Waals surface area contributed by atoms with Crippen molar-refractivity contribution in [3.8, 4) is 10.6 Å². The average molecular weight is 322 g/mol. The van der Waals surface area contributed by atoms with Gasteiger partial charge >= 0.3 is 0 Å². The molecule has 1 aliphatic heterocycles. The fourth-order valence-electron chi connectivity index (χ4n) is 2.34. The van der Waals surface area contributed by atoms with Gasteiger partial charge in [-0.1, -0.05) is 29.8 Å². The highest BCUT2D eigenvalue weighted by Gasteiger charge is 2.22. The third kappa shape index (κ3) is 3.70. The molecule has 2 aromatic rings. The van der Waals surface area contributed by atoms with E-state index in [1.807, 2.05) is 6.20 Å². The largest absolute Gasteiger partial charge is 0.296 e. The van der Waals surface area contributed by atoms with Gasteiger partial charge in [-0.05, 0) is 6.92 Å². The summed E-state index contributed by atoms with van der Waals surface area (Å²) in [6.45, 7) is 4.11. The number of benzene rings is 1. The van der Waals surface area contributed by atoms with Crippen LogP contribution in [0.5, 0.6) is 0 Å². The third-order valence-corrected chi connectivity index (χ3v) is 6.31. The van der Waals surface area contributed by atoms with Crippen LogP contribution in [-0.4, -0.2) is 42.9 Å². The molecule has 4 nitrogen and oxygen atoms in total. The minimum absolute atomic E-state index is 0.274. The van der Waals surface area contributed by atoms with Crippen molar-refractivity contribution in [2.75, 3.05) is 24.6 Å². The molecule has 0 saturated carbocycles. The first-order chi connectivity index (χ1) is 10.0. The molecular formula is C15H18N2O2S2. The highest BCUT2D eigenvalue weighted by molar-refractivity contribution is 7.91. The fraction of sp³-hybridized carbons (Fsp3) is 0.400. The van der Waals surface area contributed by atoms with Crippen LogP contribution in [0.2, 0.25) is 0 Å². The lowest BCUT2D eigenvalue weighted by atomic mass is 10.2. The Bertz CT molecular complexity index is 706. The summed E-state index contributed by atoms with van der Waals surface area (Å²) in [6.07, 6.45) is 1.91. The third-order valence-electron chi connectivity index (χ3n) is 3.67. The van der Waals surface area contributed by atoms with E-state index < -0.39 is 9.84 Å². The topological polar surface area (TPSA) is 50.3 Å². The summed E-state index contributed by atoms with van der Waals surface area (Å²) in [4.78, 5) is 7.86. The summed E-state index contributed by atoms with van der Waals surface area (Å²) in [5.41, 5.74) is 2.38. The van der Waals surface area contributed by atoms with E-state index >= 15 is 0 Å². The van der Waals surface area contributed by atoms with Gasteiger partial charge in [-0.3, -0.25) is 4.90 Å². The standard InChI is InChI=1S/C15H18N2O2S2/c1-12-2-4-13(5-3-12)15-16-10-14(20-15)11-17-6-8-21(18,19)9-7-17/h2-5,10H,6-9,11H2,1H3. The molecule has 1 fully saturated rings. The minimum atomic E-state index is -2.80. The summed E-state index contributed by atoms with van der Waals surface area (Å²) in [5, 5.41) is 1.02. The Kier molecular flexibility index (Phi) is 4.10. The predicted octanol–water partition coefficient (Wildman–Crippen LogP) is 2.35. The van der Waals surface area contributed by atoms with Crippen LogP contribution in [0.25, 0.3) is 10.6 Å². The first-order valence-corrected chi connectivity index (χ1v) is 9.60. The molecule has 112 valence electrons. The second kappa shape index (κ2) is 5.87. The van der Waals surface area contributed by atoms with Gasteiger partial charge in [0, 0.05) is 36.3 Å². The van der Waals surface area contributed by atoms with Crippen LogP contribution < -0.4 is 0 Å². The van der Waals surface area contributed by atoms with Gasteiger partial charge in [0.05, 0.1) is 11.5 Å². The van der Waals surface area contributed by atoms with E-state index in [-0.39, 0.29) is 11.5 Å². The van der Waals surface area contributed by atoms with E-state index in [4.69, 9.17) is 0 Å². The van der Waals surface area contributed by atoms with E-state index in [1.165, 1.54) is 10.4 Å². The molecule has 3 rings (SSSR count). The van der Waals surface area contributed by atoms with E-state index in [2.05, 4.69) is 41.1 Å². The zero-order valence-corrected chi connectivity index (χ0v) is 13.6. The molecular weight excluding hydrogens is 304 g/mol. The predicted molar refractivity (Wildman–Crippen MR) is 86.2 cm³/mol. The Hall–Kier alpha value is -1.24. The van der Waals surface area contributed by atoms with Crippen molar-refractivity contribution in [1.82, 2.24) is 9.88 Å². The Labute approximate surface area is 129 Å². The van der Waals surface area contributed by atoms with Crippen LogP contribution in [0.15, 0.2) is 30.5 Å². The zero-order valence-electron chi connectivity index (χ0n) is 11.9. The van der Waals surface area contributed by atoms with E-state index in [0.717, 1.165) is 17.1 Å². The van der Waals surface area contributed by atoms with Gasteiger partial charge in [0.2, 0.25) is 0 Å². The second-order valence-corrected chi connectivity index (χ2v) is 8.84. The molecule has 21 heavy (non-hydrogen) atoms. The molecule has 1 aromatic carbocycles. The number of rotatable bonds is 3. The summed E-state index contributed by atoms with van der Waals surface area (Å²) in [6, 6.07) is 8.36. The van der Waals surface area contributed by atoms with Crippen LogP contribution in [0, 0.1) is 6.92 Å². The van der Waals surface area contributed by atoms with Crippen molar-refractivity contribution in [2.24, 2.45) is 0 Å². The van der Waals surface area contributed by atoms with Crippen molar-refractivity contribution in [3.05, 3.63) is 40.9 Å². The average Bonchev–Trinajstić information content (AvgIpc) is 2.91. The Morgan fingerprint density at radius 2 is 1.86 bits per heavy atom. The number of hydrogen-bond donors (Lipinski definition) is 0.